The number of hydrogen-bond donors (Lipinski definition) is 1. The smallest absolute Gasteiger partial charge is 0.328 e. The molecule has 0 saturated heterocycles. The van der Waals surface area contributed by atoms with E-state index in [0.29, 0.717) is 19.4 Å². The van der Waals surface area contributed by atoms with Crippen molar-refractivity contribution in [3.05, 3.63) is 35.9 Å². The number of carbonyl (C=O) groups is 2. The molecule has 0 heterocycles. The summed E-state index contributed by atoms with van der Waals surface area (Å²) in [7, 11) is 0. The quantitative estimate of drug-likeness (QED) is 0.778. The number of rotatable bonds is 7. The maximum atomic E-state index is 11.9. The van der Waals surface area contributed by atoms with Crippen LogP contribution in [0.4, 0.5) is 0 Å². The molecule has 4 heteroatoms. The largest absolute Gasteiger partial charge is 0.464 e. The number of amides is 1. The summed E-state index contributed by atoms with van der Waals surface area (Å²) in [5, 5.41) is 2.77. The van der Waals surface area contributed by atoms with Crippen molar-refractivity contribution in [1.29, 1.82) is 0 Å². The van der Waals surface area contributed by atoms with Crippen LogP contribution in [0.15, 0.2) is 30.3 Å². The van der Waals surface area contributed by atoms with Gasteiger partial charge in [0.15, 0.2) is 0 Å². The Kier molecular flexibility index (Phi) is 6.77. The molecule has 0 aliphatic rings. The predicted octanol–water partition coefficient (Wildman–Crippen LogP) is 2.32. The summed E-state index contributed by atoms with van der Waals surface area (Å²) >= 11 is 0. The molecule has 1 amide bonds. The van der Waals surface area contributed by atoms with Crippen LogP contribution >= 0.6 is 0 Å². The van der Waals surface area contributed by atoms with Crippen LogP contribution in [0.5, 0.6) is 0 Å². The van der Waals surface area contributed by atoms with Crippen LogP contribution in [-0.4, -0.2) is 24.5 Å². The molecule has 1 aromatic carbocycles. The Morgan fingerprint density at radius 2 is 1.85 bits per heavy atom. The highest BCUT2D eigenvalue weighted by molar-refractivity contribution is 5.84. The van der Waals surface area contributed by atoms with Gasteiger partial charge in [-0.2, -0.15) is 0 Å². The molecule has 4 nitrogen and oxygen atoms in total. The molecule has 0 radical (unpaired) electrons. The predicted molar refractivity (Wildman–Crippen MR) is 78.2 cm³/mol. The molecule has 0 aliphatic heterocycles. The number of esters is 1. The first kappa shape index (κ1) is 16.2. The Bertz CT molecular complexity index is 429. The van der Waals surface area contributed by atoms with Crippen molar-refractivity contribution in [1.82, 2.24) is 5.32 Å². The minimum Gasteiger partial charge on any atom is -0.464 e. The molecule has 0 fully saturated rings. The zero-order chi connectivity index (χ0) is 15.0. The van der Waals surface area contributed by atoms with E-state index in [2.05, 4.69) is 5.32 Å². The van der Waals surface area contributed by atoms with Gasteiger partial charge in [-0.05, 0) is 18.4 Å². The first-order valence-electron chi connectivity index (χ1n) is 7.02. The van der Waals surface area contributed by atoms with Crippen LogP contribution in [0.25, 0.3) is 0 Å². The Morgan fingerprint density at radius 1 is 1.20 bits per heavy atom. The van der Waals surface area contributed by atoms with Gasteiger partial charge >= 0.3 is 5.97 Å². The molecule has 0 bridgehead atoms. The second-order valence-electron chi connectivity index (χ2n) is 5.16. The maximum Gasteiger partial charge on any atom is 0.328 e. The topological polar surface area (TPSA) is 55.4 Å². The summed E-state index contributed by atoms with van der Waals surface area (Å²) in [6.45, 7) is 6.00. The molecule has 0 aromatic heterocycles. The number of carbonyl (C=O) groups excluding carboxylic acids is 2. The van der Waals surface area contributed by atoms with E-state index >= 15 is 0 Å². The number of nitrogens with one attached hydrogen (secondary N) is 1. The molecule has 1 rings (SSSR count). The van der Waals surface area contributed by atoms with Crippen molar-refractivity contribution in [2.24, 2.45) is 5.92 Å². The van der Waals surface area contributed by atoms with Gasteiger partial charge in [0.2, 0.25) is 5.91 Å². The molecule has 0 spiro atoms. The van der Waals surface area contributed by atoms with E-state index < -0.39 is 6.04 Å². The lowest BCUT2D eigenvalue weighted by atomic mass is 10.0. The fourth-order valence-corrected chi connectivity index (χ4v) is 1.91. The molecule has 1 N–H and O–H groups in total. The van der Waals surface area contributed by atoms with Gasteiger partial charge in [-0.3, -0.25) is 4.79 Å². The zero-order valence-corrected chi connectivity index (χ0v) is 12.4. The van der Waals surface area contributed by atoms with Crippen LogP contribution in [0, 0.1) is 5.92 Å². The lowest BCUT2D eigenvalue weighted by Crippen LogP contribution is -2.43. The van der Waals surface area contributed by atoms with Gasteiger partial charge in [-0.15, -0.1) is 0 Å². The van der Waals surface area contributed by atoms with Crippen molar-refractivity contribution in [3.8, 4) is 0 Å². The maximum absolute atomic E-state index is 11.9. The summed E-state index contributed by atoms with van der Waals surface area (Å²) in [4.78, 5) is 23.8. The highest BCUT2D eigenvalue weighted by atomic mass is 16.5. The van der Waals surface area contributed by atoms with E-state index in [1.54, 1.807) is 6.92 Å². The zero-order valence-electron chi connectivity index (χ0n) is 12.4. The fourth-order valence-electron chi connectivity index (χ4n) is 1.91. The second kappa shape index (κ2) is 8.35. The van der Waals surface area contributed by atoms with Gasteiger partial charge < -0.3 is 10.1 Å². The third-order valence-corrected chi connectivity index (χ3v) is 2.78. The van der Waals surface area contributed by atoms with Crippen LogP contribution in [0.3, 0.4) is 0 Å². The van der Waals surface area contributed by atoms with Crippen molar-refractivity contribution in [3.63, 3.8) is 0 Å². The van der Waals surface area contributed by atoms with Crippen molar-refractivity contribution >= 4 is 11.9 Å². The molecule has 0 saturated carbocycles. The third-order valence-electron chi connectivity index (χ3n) is 2.78. The average Bonchev–Trinajstić information content (AvgIpc) is 2.38. The first-order valence-corrected chi connectivity index (χ1v) is 7.02. The standard InChI is InChI=1S/C16H23NO3/c1-4-20-16(19)14(17-15(18)10-12(2)3)11-13-8-6-5-7-9-13/h5-9,12,14H,4,10-11H2,1-3H3,(H,17,18). The molecular weight excluding hydrogens is 254 g/mol. The van der Waals surface area contributed by atoms with Gasteiger partial charge in [0, 0.05) is 12.8 Å². The van der Waals surface area contributed by atoms with Gasteiger partial charge in [0.1, 0.15) is 6.04 Å². The van der Waals surface area contributed by atoms with Crippen LogP contribution in [0.2, 0.25) is 0 Å². The summed E-state index contributed by atoms with van der Waals surface area (Å²) in [5.74, 6) is -0.239. The summed E-state index contributed by atoms with van der Waals surface area (Å²) in [6, 6.07) is 8.98. The monoisotopic (exact) mass is 277 g/mol. The second-order valence-corrected chi connectivity index (χ2v) is 5.16. The summed E-state index contributed by atoms with van der Waals surface area (Å²) in [5.41, 5.74) is 0.996. The van der Waals surface area contributed by atoms with Gasteiger partial charge in [0.25, 0.3) is 0 Å². The molecule has 0 aliphatic carbocycles. The molecule has 1 atom stereocenters. The van der Waals surface area contributed by atoms with Crippen LogP contribution in [0.1, 0.15) is 32.8 Å². The Labute approximate surface area is 120 Å². The Balaban J connectivity index is 2.70. The molecule has 1 unspecified atom stereocenters. The van der Waals surface area contributed by atoms with Crippen molar-refractivity contribution < 1.29 is 14.3 Å². The molecule has 20 heavy (non-hydrogen) atoms. The minimum atomic E-state index is -0.622. The molecular formula is C16H23NO3. The van der Waals surface area contributed by atoms with E-state index in [9.17, 15) is 9.59 Å². The van der Waals surface area contributed by atoms with Crippen molar-refractivity contribution in [2.45, 2.75) is 39.7 Å². The minimum absolute atomic E-state index is 0.117. The number of benzene rings is 1. The van der Waals surface area contributed by atoms with Gasteiger partial charge in [-0.25, -0.2) is 4.79 Å². The van der Waals surface area contributed by atoms with Gasteiger partial charge in [-0.1, -0.05) is 44.2 Å². The average molecular weight is 277 g/mol. The van der Waals surface area contributed by atoms with Crippen molar-refractivity contribution in [2.75, 3.05) is 6.61 Å². The number of hydrogen-bond acceptors (Lipinski definition) is 3. The van der Waals surface area contributed by atoms with E-state index in [0.717, 1.165) is 5.56 Å². The Hall–Kier alpha value is -1.84. The van der Waals surface area contributed by atoms with Gasteiger partial charge in [0.05, 0.1) is 6.61 Å². The lowest BCUT2D eigenvalue weighted by Gasteiger charge is -2.18. The fraction of sp³-hybridized carbons (Fsp3) is 0.500. The van der Waals surface area contributed by atoms with E-state index in [1.165, 1.54) is 0 Å². The van der Waals surface area contributed by atoms with E-state index in [4.69, 9.17) is 4.74 Å². The summed E-state index contributed by atoms with van der Waals surface area (Å²) in [6.07, 6.45) is 0.855. The molecule has 1 aromatic rings. The third kappa shape index (κ3) is 5.87. The highest BCUT2D eigenvalue weighted by Crippen LogP contribution is 2.06. The molecule has 110 valence electrons. The lowest BCUT2D eigenvalue weighted by molar-refractivity contribution is -0.147. The summed E-state index contributed by atoms with van der Waals surface area (Å²) < 4.78 is 5.03. The number of ether oxygens (including phenoxy) is 1. The normalized spacial score (nSPS) is 12.0. The Morgan fingerprint density at radius 3 is 2.40 bits per heavy atom. The SMILES string of the molecule is CCOC(=O)C(Cc1ccccc1)NC(=O)CC(C)C. The highest BCUT2D eigenvalue weighted by Gasteiger charge is 2.22. The van der Waals surface area contributed by atoms with Crippen LogP contribution in [-0.2, 0) is 20.7 Å². The van der Waals surface area contributed by atoms with E-state index in [-0.39, 0.29) is 17.8 Å². The van der Waals surface area contributed by atoms with Crippen LogP contribution < -0.4 is 5.32 Å². The first-order chi connectivity index (χ1) is 9.52. The van der Waals surface area contributed by atoms with E-state index in [1.807, 2.05) is 44.2 Å².